The summed E-state index contributed by atoms with van der Waals surface area (Å²) >= 11 is 0. The van der Waals surface area contributed by atoms with Crippen molar-refractivity contribution in [2.24, 2.45) is 5.73 Å². The predicted octanol–water partition coefficient (Wildman–Crippen LogP) is 3.18. The monoisotopic (exact) mass is 564 g/mol. The molecule has 0 saturated carbocycles. The molecule has 230 valence electrons. The summed E-state index contributed by atoms with van der Waals surface area (Å²) in [6, 6.07) is 0. The topological polar surface area (TPSA) is 143 Å². The van der Waals surface area contributed by atoms with Gasteiger partial charge in [-0.3, -0.25) is 19.9 Å². The zero-order chi connectivity index (χ0) is 30.6. The van der Waals surface area contributed by atoms with Crippen LogP contribution in [-0.2, 0) is 9.59 Å². The number of nitrogens with zero attached hydrogens (tertiary/aromatic N) is 2. The molecule has 0 aliphatic heterocycles. The van der Waals surface area contributed by atoms with Crippen molar-refractivity contribution < 1.29 is 19.9 Å². The molecule has 0 radical (unpaired) electrons. The van der Waals surface area contributed by atoms with Gasteiger partial charge in [-0.15, -0.1) is 0 Å². The van der Waals surface area contributed by atoms with E-state index in [9.17, 15) is 14.8 Å². The predicted molar refractivity (Wildman–Crippen MR) is 165 cm³/mol. The number of rotatable bonds is 24. The van der Waals surface area contributed by atoms with Crippen LogP contribution in [0.4, 0.5) is 0 Å². The molecular weight excluding hydrogens is 508 g/mol. The van der Waals surface area contributed by atoms with Crippen molar-refractivity contribution in [1.29, 1.82) is 0 Å². The zero-order valence-corrected chi connectivity index (χ0v) is 25.2. The van der Waals surface area contributed by atoms with E-state index in [-0.39, 0.29) is 11.8 Å². The Balaban J connectivity index is 0. The second-order valence-corrected chi connectivity index (χ2v) is 9.33. The van der Waals surface area contributed by atoms with Crippen LogP contribution in [0.2, 0.25) is 0 Å². The minimum absolute atomic E-state index is 0.0412. The summed E-state index contributed by atoms with van der Waals surface area (Å²) in [5.74, 6) is 0.0392. The summed E-state index contributed by atoms with van der Waals surface area (Å²) in [6.45, 7) is 17.3. The second-order valence-electron chi connectivity index (χ2n) is 9.33. The molecule has 0 rings (SSSR count). The summed E-state index contributed by atoms with van der Waals surface area (Å²) in [5, 5.41) is 27.5. The Hall–Kier alpha value is -3.08. The summed E-state index contributed by atoms with van der Waals surface area (Å²) in [7, 11) is 2.80. The van der Waals surface area contributed by atoms with E-state index in [0.717, 1.165) is 70.1 Å². The van der Waals surface area contributed by atoms with Crippen LogP contribution in [0, 0.1) is 0 Å². The van der Waals surface area contributed by atoms with E-state index in [1.807, 2.05) is 18.2 Å². The highest BCUT2D eigenvalue weighted by atomic mass is 16.5. The largest absolute Gasteiger partial charge is 0.400 e. The maximum Gasteiger partial charge on any atom is 0.222 e. The lowest BCUT2D eigenvalue weighted by Crippen LogP contribution is -2.27. The SMILES string of the molecule is C=C(CCC(=C)N(O)CCCCCN)NCC/C=C/CN(C)C(=O)CCC(=C)NCC/C=C/CNC(C)=O.CO. The van der Waals surface area contributed by atoms with Gasteiger partial charge in [-0.05, 0) is 51.5 Å². The van der Waals surface area contributed by atoms with Crippen LogP contribution in [0.1, 0.15) is 64.7 Å². The third kappa shape index (κ3) is 25.2. The van der Waals surface area contributed by atoms with Gasteiger partial charge in [-0.1, -0.05) is 50.5 Å². The number of nitrogens with two attached hydrogens (primary N) is 1. The number of aliphatic hydroxyl groups is 1. The fourth-order valence-corrected chi connectivity index (χ4v) is 3.31. The van der Waals surface area contributed by atoms with Crippen molar-refractivity contribution in [1.82, 2.24) is 25.9 Å². The summed E-state index contributed by atoms with van der Waals surface area (Å²) < 4.78 is 0. The van der Waals surface area contributed by atoms with Crippen molar-refractivity contribution in [3.05, 3.63) is 61.1 Å². The Kier molecular flexibility index (Phi) is 26.8. The Morgan fingerprint density at radius 3 is 1.98 bits per heavy atom. The lowest BCUT2D eigenvalue weighted by Gasteiger charge is -2.20. The standard InChI is InChI=1S/C29H52N6O3.CH4O/c1-25(15-17-27(3)35(38)24-14-6-9-19-30)31-21-12-8-13-23-34(5)29(37)18-16-26(2)32-20-10-7-11-22-33-28(4)36;1-2/h7-8,11,13,31-32,38H,1-3,6,9-10,12,14-24,30H2,4-5H3,(H,33,36);2H,1H3/b11-7+,13-8+;. The lowest BCUT2D eigenvalue weighted by molar-refractivity contribution is -0.129. The van der Waals surface area contributed by atoms with Gasteiger partial charge in [0.25, 0.3) is 0 Å². The Morgan fingerprint density at radius 2 is 1.40 bits per heavy atom. The molecule has 0 heterocycles. The molecule has 2 amide bonds. The average molecular weight is 565 g/mol. The number of amides is 2. The van der Waals surface area contributed by atoms with Crippen LogP contribution in [0.25, 0.3) is 0 Å². The summed E-state index contributed by atoms with van der Waals surface area (Å²) in [6.07, 6.45) is 14.9. The number of allylic oxidation sites excluding steroid dienone is 3. The number of carbonyl (C=O) groups is 2. The molecule has 10 nitrogen and oxygen atoms in total. The molecule has 10 heteroatoms. The maximum atomic E-state index is 12.3. The molecule has 7 N–H and O–H groups in total. The molecule has 0 unspecified atom stereocenters. The van der Waals surface area contributed by atoms with Gasteiger partial charge in [0.15, 0.2) is 0 Å². The van der Waals surface area contributed by atoms with Crippen LogP contribution in [0.5, 0.6) is 0 Å². The maximum absolute atomic E-state index is 12.3. The number of hydrogen-bond acceptors (Lipinski definition) is 8. The lowest BCUT2D eigenvalue weighted by atomic mass is 10.2. The zero-order valence-electron chi connectivity index (χ0n) is 25.2. The molecule has 0 bridgehead atoms. The first-order valence-corrected chi connectivity index (χ1v) is 14.1. The van der Waals surface area contributed by atoms with Crippen molar-refractivity contribution in [2.45, 2.75) is 64.7 Å². The van der Waals surface area contributed by atoms with Crippen LogP contribution < -0.4 is 21.7 Å². The third-order valence-electron chi connectivity index (χ3n) is 5.77. The van der Waals surface area contributed by atoms with E-state index in [2.05, 4.69) is 41.8 Å². The number of carbonyl (C=O) groups excluding carboxylic acids is 2. The highest BCUT2D eigenvalue weighted by molar-refractivity contribution is 5.76. The minimum Gasteiger partial charge on any atom is -0.400 e. The van der Waals surface area contributed by atoms with Gasteiger partial charge in [0.05, 0.1) is 0 Å². The fraction of sp³-hybridized carbons (Fsp3) is 0.600. The smallest absolute Gasteiger partial charge is 0.222 e. The number of unbranched alkanes of at least 4 members (excludes halogenated alkanes) is 2. The van der Waals surface area contributed by atoms with E-state index >= 15 is 0 Å². The Morgan fingerprint density at radius 1 is 0.825 bits per heavy atom. The number of nitrogens with one attached hydrogen (secondary N) is 3. The number of hydrogen-bond donors (Lipinski definition) is 6. The summed E-state index contributed by atoms with van der Waals surface area (Å²) in [5.41, 5.74) is 7.94. The van der Waals surface area contributed by atoms with Crippen LogP contribution >= 0.6 is 0 Å². The van der Waals surface area contributed by atoms with Crippen molar-refractivity contribution in [2.75, 3.05) is 53.4 Å². The first kappa shape index (κ1) is 39.1. The third-order valence-corrected chi connectivity index (χ3v) is 5.77. The normalized spacial score (nSPS) is 10.6. The second kappa shape index (κ2) is 27.5. The van der Waals surface area contributed by atoms with Crippen LogP contribution in [0.3, 0.4) is 0 Å². The van der Waals surface area contributed by atoms with E-state index in [4.69, 9.17) is 10.8 Å². The van der Waals surface area contributed by atoms with Crippen molar-refractivity contribution >= 4 is 11.8 Å². The molecule has 40 heavy (non-hydrogen) atoms. The number of likely N-dealkylation sites (N-methyl/N-ethyl adjacent to an activating group) is 1. The van der Waals surface area contributed by atoms with Gasteiger partial charge < -0.3 is 31.7 Å². The Labute approximate surface area is 242 Å². The molecule has 0 aliphatic carbocycles. The van der Waals surface area contributed by atoms with Crippen LogP contribution in [0.15, 0.2) is 61.1 Å². The van der Waals surface area contributed by atoms with E-state index in [1.54, 1.807) is 11.9 Å². The molecule has 0 spiro atoms. The van der Waals surface area contributed by atoms with Crippen molar-refractivity contribution in [3.63, 3.8) is 0 Å². The number of hydroxylamine groups is 2. The fourth-order valence-electron chi connectivity index (χ4n) is 3.31. The minimum atomic E-state index is -0.0412. The van der Waals surface area contributed by atoms with Crippen molar-refractivity contribution in [3.8, 4) is 0 Å². The Bertz CT molecular complexity index is 782. The molecule has 0 aliphatic rings. The van der Waals surface area contributed by atoms with E-state index in [1.165, 1.54) is 12.0 Å². The van der Waals surface area contributed by atoms with Crippen LogP contribution in [-0.4, -0.2) is 85.5 Å². The first-order chi connectivity index (χ1) is 19.2. The van der Waals surface area contributed by atoms with E-state index < -0.39 is 0 Å². The molecular formula is C30H56N6O4. The van der Waals surface area contributed by atoms with Gasteiger partial charge in [0.1, 0.15) is 0 Å². The molecule has 0 aromatic rings. The molecule has 0 saturated heterocycles. The van der Waals surface area contributed by atoms with Gasteiger partial charge in [0, 0.05) is 77.3 Å². The average Bonchev–Trinajstić information content (AvgIpc) is 2.94. The van der Waals surface area contributed by atoms with Gasteiger partial charge in [-0.2, -0.15) is 0 Å². The molecule has 0 fully saturated rings. The highest BCUT2D eigenvalue weighted by Gasteiger charge is 2.08. The van der Waals surface area contributed by atoms with Gasteiger partial charge in [0.2, 0.25) is 11.8 Å². The molecule has 0 aromatic heterocycles. The van der Waals surface area contributed by atoms with Gasteiger partial charge >= 0.3 is 0 Å². The first-order valence-electron chi connectivity index (χ1n) is 14.1. The highest BCUT2D eigenvalue weighted by Crippen LogP contribution is 2.11. The quantitative estimate of drug-likeness (QED) is 0.0596. The molecule has 0 atom stereocenters. The van der Waals surface area contributed by atoms with E-state index in [0.29, 0.717) is 51.1 Å². The van der Waals surface area contributed by atoms with Gasteiger partial charge in [-0.25, -0.2) is 0 Å². The number of aliphatic hydroxyl groups excluding tert-OH is 1. The summed E-state index contributed by atoms with van der Waals surface area (Å²) in [4.78, 5) is 24.8. The molecule has 0 aromatic carbocycles.